The van der Waals surface area contributed by atoms with Crippen LogP contribution in [0.5, 0.6) is 11.5 Å². The van der Waals surface area contributed by atoms with E-state index in [1.807, 2.05) is 0 Å². The Balaban J connectivity index is 1.68. The fraction of sp³-hybridized carbons (Fsp3) is 0.100. The summed E-state index contributed by atoms with van der Waals surface area (Å²) in [5.74, 6) is -1.28. The van der Waals surface area contributed by atoms with E-state index in [1.54, 1.807) is 25.1 Å². The maximum atomic E-state index is 13.3. The van der Waals surface area contributed by atoms with Crippen LogP contribution in [0, 0.1) is 12.7 Å². The second-order valence-corrected chi connectivity index (χ2v) is 5.95. The van der Waals surface area contributed by atoms with Crippen molar-refractivity contribution in [1.82, 2.24) is 15.6 Å². The molecule has 0 fully saturated rings. The van der Waals surface area contributed by atoms with Gasteiger partial charge in [-0.2, -0.15) is 10.2 Å². The molecule has 0 bridgehead atoms. The van der Waals surface area contributed by atoms with E-state index in [-0.39, 0.29) is 22.8 Å². The number of H-pyrrole nitrogens is 1. The highest BCUT2D eigenvalue weighted by molar-refractivity contribution is 5.93. The number of carbonyl (C=O) groups excluding carboxylic acids is 2. The number of amides is 1. The van der Waals surface area contributed by atoms with Crippen LogP contribution in [0.1, 0.15) is 32.1 Å². The number of rotatable bonds is 6. The number of benzene rings is 2. The number of hydrogen-bond acceptors (Lipinski definition) is 6. The lowest BCUT2D eigenvalue weighted by atomic mass is 10.2. The molecule has 1 aromatic heterocycles. The molecule has 0 spiro atoms. The van der Waals surface area contributed by atoms with Gasteiger partial charge in [-0.1, -0.05) is 6.07 Å². The summed E-state index contributed by atoms with van der Waals surface area (Å²) in [6.45, 7) is 1.78. The maximum Gasteiger partial charge on any atom is 0.343 e. The predicted molar refractivity (Wildman–Crippen MR) is 103 cm³/mol. The first-order valence-corrected chi connectivity index (χ1v) is 8.47. The number of aromatic nitrogens is 2. The zero-order chi connectivity index (χ0) is 20.8. The van der Waals surface area contributed by atoms with Gasteiger partial charge in [0.1, 0.15) is 5.82 Å². The van der Waals surface area contributed by atoms with E-state index in [1.165, 1.54) is 37.6 Å². The van der Waals surface area contributed by atoms with Crippen molar-refractivity contribution in [2.24, 2.45) is 5.10 Å². The molecule has 0 saturated heterocycles. The maximum absolute atomic E-state index is 13.3. The van der Waals surface area contributed by atoms with E-state index >= 15 is 0 Å². The Morgan fingerprint density at radius 2 is 2.00 bits per heavy atom. The Morgan fingerprint density at radius 1 is 1.17 bits per heavy atom. The summed E-state index contributed by atoms with van der Waals surface area (Å²) in [4.78, 5) is 24.1. The van der Waals surface area contributed by atoms with Crippen LogP contribution in [0.15, 0.2) is 53.6 Å². The molecule has 0 radical (unpaired) electrons. The van der Waals surface area contributed by atoms with E-state index < -0.39 is 17.7 Å². The van der Waals surface area contributed by atoms with Crippen LogP contribution in [0.25, 0.3) is 0 Å². The molecule has 3 aromatic rings. The largest absolute Gasteiger partial charge is 0.493 e. The fourth-order valence-corrected chi connectivity index (χ4v) is 2.38. The molecule has 0 aliphatic heterocycles. The Hall–Kier alpha value is -4.01. The summed E-state index contributed by atoms with van der Waals surface area (Å²) < 4.78 is 23.8. The Morgan fingerprint density at radius 3 is 2.69 bits per heavy atom. The van der Waals surface area contributed by atoms with Gasteiger partial charge in [0, 0.05) is 5.69 Å². The number of halogens is 1. The van der Waals surface area contributed by atoms with Crippen LogP contribution >= 0.6 is 0 Å². The third kappa shape index (κ3) is 5.04. The lowest BCUT2D eigenvalue weighted by molar-refractivity contribution is 0.0729. The molecule has 0 atom stereocenters. The molecule has 0 saturated carbocycles. The summed E-state index contributed by atoms with van der Waals surface area (Å²) in [7, 11) is 1.41. The monoisotopic (exact) mass is 396 g/mol. The summed E-state index contributed by atoms with van der Waals surface area (Å²) in [6, 6.07) is 11.5. The number of carbonyl (C=O) groups is 2. The number of nitrogens with zero attached hydrogens (tertiary/aromatic N) is 2. The Labute approximate surface area is 165 Å². The molecule has 0 unspecified atom stereocenters. The SMILES string of the molecule is COc1cc(/C=N\NC(=O)c2cc(C)[nH]n2)ccc1OC(=O)c1cccc(F)c1. The predicted octanol–water partition coefficient (Wildman–Crippen LogP) is 2.85. The number of aromatic amines is 1. The number of ether oxygens (including phenoxy) is 2. The van der Waals surface area contributed by atoms with Crippen LogP contribution in [0.3, 0.4) is 0 Å². The van der Waals surface area contributed by atoms with Crippen LogP contribution in [-0.4, -0.2) is 35.4 Å². The second kappa shape index (κ2) is 8.79. The minimum absolute atomic E-state index is 0.0778. The van der Waals surface area contributed by atoms with Crippen molar-refractivity contribution in [2.45, 2.75) is 6.92 Å². The molecule has 1 heterocycles. The van der Waals surface area contributed by atoms with E-state index in [4.69, 9.17) is 9.47 Å². The minimum atomic E-state index is -0.717. The quantitative estimate of drug-likeness (QED) is 0.288. The summed E-state index contributed by atoms with van der Waals surface area (Å²) >= 11 is 0. The van der Waals surface area contributed by atoms with E-state index in [0.29, 0.717) is 5.56 Å². The van der Waals surface area contributed by atoms with Gasteiger partial charge in [-0.15, -0.1) is 0 Å². The number of hydrogen-bond donors (Lipinski definition) is 2. The van der Waals surface area contributed by atoms with Gasteiger partial charge < -0.3 is 9.47 Å². The zero-order valence-corrected chi connectivity index (χ0v) is 15.6. The van der Waals surface area contributed by atoms with Crippen LogP contribution in [0.4, 0.5) is 4.39 Å². The van der Waals surface area contributed by atoms with Crippen LogP contribution in [-0.2, 0) is 0 Å². The molecule has 1 amide bonds. The first-order chi connectivity index (χ1) is 14.0. The Kier molecular flexibility index (Phi) is 5.98. The minimum Gasteiger partial charge on any atom is -0.493 e. The highest BCUT2D eigenvalue weighted by Crippen LogP contribution is 2.28. The van der Waals surface area contributed by atoms with Crippen molar-refractivity contribution in [2.75, 3.05) is 7.11 Å². The molecular weight excluding hydrogens is 379 g/mol. The molecule has 8 nitrogen and oxygen atoms in total. The van der Waals surface area contributed by atoms with E-state index in [9.17, 15) is 14.0 Å². The highest BCUT2D eigenvalue weighted by Gasteiger charge is 2.13. The van der Waals surface area contributed by atoms with Crippen LogP contribution < -0.4 is 14.9 Å². The molecule has 0 aliphatic carbocycles. The topological polar surface area (TPSA) is 106 Å². The summed E-state index contributed by atoms with van der Waals surface area (Å²) in [6.07, 6.45) is 1.40. The molecule has 148 valence electrons. The molecule has 9 heteroatoms. The van der Waals surface area contributed by atoms with Gasteiger partial charge in [-0.05, 0) is 55.0 Å². The number of hydrazone groups is 1. The standard InChI is InChI=1S/C20H17FN4O4/c1-12-8-16(24-23-12)19(26)25-22-11-13-6-7-17(18(9-13)28-2)29-20(27)14-4-3-5-15(21)10-14/h3-11H,1-2H3,(H,23,24)(H,25,26)/b22-11-. The lowest BCUT2D eigenvalue weighted by Gasteiger charge is -2.10. The van der Waals surface area contributed by atoms with Crippen molar-refractivity contribution in [1.29, 1.82) is 0 Å². The third-order valence-corrected chi connectivity index (χ3v) is 3.77. The molecule has 29 heavy (non-hydrogen) atoms. The van der Waals surface area contributed by atoms with Gasteiger partial charge >= 0.3 is 5.97 Å². The molecule has 2 aromatic carbocycles. The van der Waals surface area contributed by atoms with Crippen LogP contribution in [0.2, 0.25) is 0 Å². The second-order valence-electron chi connectivity index (χ2n) is 5.95. The third-order valence-electron chi connectivity index (χ3n) is 3.77. The fourth-order valence-electron chi connectivity index (χ4n) is 2.38. The van der Waals surface area contributed by atoms with Gasteiger partial charge in [0.2, 0.25) is 0 Å². The lowest BCUT2D eigenvalue weighted by Crippen LogP contribution is -2.18. The van der Waals surface area contributed by atoms with Crippen molar-refractivity contribution < 1.29 is 23.5 Å². The van der Waals surface area contributed by atoms with Crippen molar-refractivity contribution in [3.05, 3.63) is 76.9 Å². The Bertz CT molecular complexity index is 1080. The van der Waals surface area contributed by atoms with Gasteiger partial charge in [-0.25, -0.2) is 14.6 Å². The van der Waals surface area contributed by atoms with Gasteiger partial charge in [0.05, 0.1) is 18.9 Å². The molecule has 3 rings (SSSR count). The number of methoxy groups -OCH3 is 1. The molecular formula is C20H17FN4O4. The number of esters is 1. The molecule has 2 N–H and O–H groups in total. The normalized spacial score (nSPS) is 10.7. The highest BCUT2D eigenvalue weighted by atomic mass is 19.1. The van der Waals surface area contributed by atoms with E-state index in [0.717, 1.165) is 11.8 Å². The first-order valence-electron chi connectivity index (χ1n) is 8.47. The number of aryl methyl sites for hydroxylation is 1. The summed E-state index contributed by atoms with van der Waals surface area (Å²) in [5.41, 5.74) is 4.00. The van der Waals surface area contributed by atoms with Gasteiger partial charge in [0.25, 0.3) is 5.91 Å². The molecule has 0 aliphatic rings. The zero-order valence-electron chi connectivity index (χ0n) is 15.6. The number of nitrogens with one attached hydrogen (secondary N) is 2. The van der Waals surface area contributed by atoms with Gasteiger partial charge in [-0.3, -0.25) is 9.89 Å². The van der Waals surface area contributed by atoms with Crippen molar-refractivity contribution >= 4 is 18.1 Å². The summed E-state index contributed by atoms with van der Waals surface area (Å²) in [5, 5.41) is 10.4. The van der Waals surface area contributed by atoms with E-state index in [2.05, 4.69) is 20.7 Å². The average Bonchev–Trinajstić information content (AvgIpc) is 3.15. The smallest absolute Gasteiger partial charge is 0.343 e. The van der Waals surface area contributed by atoms with Crippen molar-refractivity contribution in [3.63, 3.8) is 0 Å². The first kappa shape index (κ1) is 19.7. The van der Waals surface area contributed by atoms with Crippen molar-refractivity contribution in [3.8, 4) is 11.5 Å². The average molecular weight is 396 g/mol. The van der Waals surface area contributed by atoms with Gasteiger partial charge in [0.15, 0.2) is 17.2 Å².